The first-order valence-corrected chi connectivity index (χ1v) is 11.7. The van der Waals surface area contributed by atoms with Crippen LogP contribution in [-0.4, -0.2) is 21.4 Å². The second-order valence-electron chi connectivity index (χ2n) is 9.96. The Labute approximate surface area is 192 Å². The standard InChI is InChI=1S/C26H27ClFN3O/c1-26(2,31-25(32)24-5-3-19(27)14-30-24)18-11-15-9-17(10-16(15)12-18)21-7-8-29-23-6-4-20(28)13-22(21)23/h3-8,13-18H,9-12H2,1-2H3,(H,31,32)/t15-,16+,17?,18?. The average molecular weight is 452 g/mol. The maximum atomic E-state index is 13.9. The van der Waals surface area contributed by atoms with Gasteiger partial charge in [-0.25, -0.2) is 9.37 Å². The number of aromatic nitrogens is 2. The molecule has 3 aromatic rings. The highest BCUT2D eigenvalue weighted by Gasteiger charge is 2.47. The second-order valence-corrected chi connectivity index (χ2v) is 10.4. The number of pyridine rings is 2. The van der Waals surface area contributed by atoms with Crippen LogP contribution < -0.4 is 5.32 Å². The summed E-state index contributed by atoms with van der Waals surface area (Å²) >= 11 is 5.89. The lowest BCUT2D eigenvalue weighted by atomic mass is 9.82. The largest absolute Gasteiger partial charge is 0.346 e. The van der Waals surface area contributed by atoms with Gasteiger partial charge < -0.3 is 5.32 Å². The molecular weight excluding hydrogens is 425 g/mol. The number of amides is 1. The number of rotatable bonds is 4. The molecule has 4 atom stereocenters. The molecule has 2 fully saturated rings. The molecule has 2 saturated carbocycles. The molecule has 2 unspecified atom stereocenters. The van der Waals surface area contributed by atoms with Crippen molar-refractivity contribution in [3.05, 3.63) is 70.9 Å². The summed E-state index contributed by atoms with van der Waals surface area (Å²) in [4.78, 5) is 21.3. The molecule has 2 aliphatic rings. The molecule has 6 heteroatoms. The van der Waals surface area contributed by atoms with E-state index in [-0.39, 0.29) is 17.3 Å². The van der Waals surface area contributed by atoms with E-state index in [1.165, 1.54) is 17.8 Å². The quantitative estimate of drug-likeness (QED) is 0.517. The van der Waals surface area contributed by atoms with Crippen molar-refractivity contribution in [1.29, 1.82) is 0 Å². The molecule has 0 aliphatic heterocycles. The predicted octanol–water partition coefficient (Wildman–Crippen LogP) is 6.15. The summed E-state index contributed by atoms with van der Waals surface area (Å²) in [5.74, 6) is 1.75. The summed E-state index contributed by atoms with van der Waals surface area (Å²) in [7, 11) is 0. The molecular formula is C26H27ClFN3O. The normalized spacial score (nSPS) is 25.1. The zero-order chi connectivity index (χ0) is 22.5. The van der Waals surface area contributed by atoms with Crippen LogP contribution in [-0.2, 0) is 0 Å². The average Bonchev–Trinajstić information content (AvgIpc) is 3.33. The maximum absolute atomic E-state index is 13.9. The molecule has 0 radical (unpaired) electrons. The minimum atomic E-state index is -0.315. The molecule has 0 spiro atoms. The van der Waals surface area contributed by atoms with E-state index in [2.05, 4.69) is 35.2 Å². The number of benzene rings is 1. The number of nitrogens with zero attached hydrogens (tertiary/aromatic N) is 2. The molecule has 5 rings (SSSR count). The van der Waals surface area contributed by atoms with Crippen LogP contribution in [0.2, 0.25) is 5.02 Å². The van der Waals surface area contributed by atoms with Gasteiger partial charge in [0.25, 0.3) is 5.91 Å². The molecule has 1 N–H and O–H groups in total. The fourth-order valence-corrected chi connectivity index (χ4v) is 6.04. The Morgan fingerprint density at radius 2 is 1.81 bits per heavy atom. The number of halogens is 2. The van der Waals surface area contributed by atoms with Gasteiger partial charge in [-0.15, -0.1) is 0 Å². The van der Waals surface area contributed by atoms with E-state index in [0.717, 1.165) is 36.6 Å². The third-order valence-electron chi connectivity index (χ3n) is 7.61. The van der Waals surface area contributed by atoms with Crippen molar-refractivity contribution in [2.45, 2.75) is 51.0 Å². The van der Waals surface area contributed by atoms with Crippen molar-refractivity contribution in [2.75, 3.05) is 0 Å². The Bertz CT molecular complexity index is 1150. The topological polar surface area (TPSA) is 54.9 Å². The molecule has 4 nitrogen and oxygen atoms in total. The van der Waals surface area contributed by atoms with Crippen LogP contribution in [0.5, 0.6) is 0 Å². The summed E-state index contributed by atoms with van der Waals surface area (Å²) in [6, 6.07) is 10.3. The summed E-state index contributed by atoms with van der Waals surface area (Å²) in [6.07, 6.45) is 7.76. The molecule has 32 heavy (non-hydrogen) atoms. The van der Waals surface area contributed by atoms with Crippen molar-refractivity contribution in [1.82, 2.24) is 15.3 Å². The number of carbonyl (C=O) groups excluding carboxylic acids is 1. The van der Waals surface area contributed by atoms with Crippen molar-refractivity contribution in [3.8, 4) is 0 Å². The van der Waals surface area contributed by atoms with Crippen LogP contribution >= 0.6 is 11.6 Å². The van der Waals surface area contributed by atoms with Crippen LogP contribution in [0.4, 0.5) is 4.39 Å². The third kappa shape index (κ3) is 3.99. The Kier molecular flexibility index (Phi) is 5.40. The van der Waals surface area contributed by atoms with E-state index in [4.69, 9.17) is 11.6 Å². The Morgan fingerprint density at radius 3 is 2.50 bits per heavy atom. The van der Waals surface area contributed by atoms with Crippen LogP contribution in [0.1, 0.15) is 61.5 Å². The lowest BCUT2D eigenvalue weighted by Crippen LogP contribution is -2.48. The third-order valence-corrected chi connectivity index (χ3v) is 7.83. The number of hydrogen-bond acceptors (Lipinski definition) is 3. The van der Waals surface area contributed by atoms with Gasteiger partial charge >= 0.3 is 0 Å². The van der Waals surface area contributed by atoms with E-state index < -0.39 is 0 Å². The highest BCUT2D eigenvalue weighted by molar-refractivity contribution is 6.30. The van der Waals surface area contributed by atoms with Crippen molar-refractivity contribution >= 4 is 28.4 Å². The highest BCUT2D eigenvalue weighted by Crippen LogP contribution is 2.55. The molecule has 1 aromatic carbocycles. The zero-order valence-electron chi connectivity index (χ0n) is 18.3. The number of nitrogens with one attached hydrogen (secondary N) is 1. The molecule has 166 valence electrons. The van der Waals surface area contributed by atoms with E-state index in [1.807, 2.05) is 6.20 Å². The van der Waals surface area contributed by atoms with Crippen molar-refractivity contribution < 1.29 is 9.18 Å². The van der Waals surface area contributed by atoms with Gasteiger partial charge in [-0.2, -0.15) is 0 Å². The van der Waals surface area contributed by atoms with Gasteiger partial charge in [-0.1, -0.05) is 11.6 Å². The van der Waals surface area contributed by atoms with Gasteiger partial charge in [0.05, 0.1) is 10.5 Å². The van der Waals surface area contributed by atoms with E-state index in [1.54, 1.807) is 24.3 Å². The molecule has 1 amide bonds. The monoisotopic (exact) mass is 451 g/mol. The number of hydrogen-bond donors (Lipinski definition) is 1. The van der Waals surface area contributed by atoms with E-state index in [0.29, 0.717) is 34.4 Å². The van der Waals surface area contributed by atoms with Gasteiger partial charge in [0.15, 0.2) is 0 Å². The SMILES string of the molecule is CC(C)(NC(=O)c1ccc(Cl)cn1)C1C[C@H]2CC(c3ccnc4ccc(F)cc34)C[C@H]2C1. The molecule has 2 heterocycles. The molecule has 0 saturated heterocycles. The first-order chi connectivity index (χ1) is 15.3. The fraction of sp³-hybridized carbons (Fsp3) is 0.423. The summed E-state index contributed by atoms with van der Waals surface area (Å²) in [5, 5.41) is 4.66. The zero-order valence-corrected chi connectivity index (χ0v) is 19.1. The lowest BCUT2D eigenvalue weighted by Gasteiger charge is -2.33. The molecule has 2 aliphatic carbocycles. The van der Waals surface area contributed by atoms with Crippen molar-refractivity contribution in [2.24, 2.45) is 17.8 Å². The predicted molar refractivity (Wildman–Crippen MR) is 124 cm³/mol. The van der Waals surface area contributed by atoms with E-state index >= 15 is 0 Å². The van der Waals surface area contributed by atoms with Crippen LogP contribution in [0.25, 0.3) is 10.9 Å². The van der Waals surface area contributed by atoms with Gasteiger partial charge in [0.1, 0.15) is 11.5 Å². The first-order valence-electron chi connectivity index (χ1n) is 11.3. The minimum absolute atomic E-state index is 0.160. The smallest absolute Gasteiger partial charge is 0.270 e. The number of carbonyl (C=O) groups is 1. The van der Waals surface area contributed by atoms with Crippen LogP contribution in [0.15, 0.2) is 48.8 Å². The van der Waals surface area contributed by atoms with E-state index in [9.17, 15) is 9.18 Å². The van der Waals surface area contributed by atoms with Gasteiger partial charge in [0.2, 0.25) is 0 Å². The summed E-state index contributed by atoms with van der Waals surface area (Å²) in [6.45, 7) is 4.23. The molecule has 2 aromatic heterocycles. The second kappa shape index (κ2) is 8.11. The van der Waals surface area contributed by atoms with Crippen LogP contribution in [0.3, 0.4) is 0 Å². The van der Waals surface area contributed by atoms with Crippen LogP contribution in [0, 0.1) is 23.6 Å². The van der Waals surface area contributed by atoms with Gasteiger partial charge in [-0.3, -0.25) is 9.78 Å². The maximum Gasteiger partial charge on any atom is 0.270 e. The highest BCUT2D eigenvalue weighted by atomic mass is 35.5. The van der Waals surface area contributed by atoms with Crippen molar-refractivity contribution in [3.63, 3.8) is 0 Å². The minimum Gasteiger partial charge on any atom is -0.346 e. The summed E-state index contributed by atoms with van der Waals surface area (Å²) < 4.78 is 13.9. The Morgan fingerprint density at radius 1 is 1.06 bits per heavy atom. The first kappa shape index (κ1) is 21.3. The summed E-state index contributed by atoms with van der Waals surface area (Å²) in [5.41, 5.74) is 2.16. The lowest BCUT2D eigenvalue weighted by molar-refractivity contribution is 0.0872. The Hall–Kier alpha value is -2.53. The van der Waals surface area contributed by atoms with Gasteiger partial charge in [0, 0.05) is 23.3 Å². The number of fused-ring (bicyclic) bond motifs is 2. The Balaban J connectivity index is 1.27. The fourth-order valence-electron chi connectivity index (χ4n) is 5.92. The van der Waals surface area contributed by atoms with Gasteiger partial charge in [-0.05, 0) is 105 Å². The molecule has 0 bridgehead atoms.